The molecule has 0 aromatic heterocycles. The van der Waals surface area contributed by atoms with E-state index < -0.39 is 40.2 Å². The van der Waals surface area contributed by atoms with Gasteiger partial charge in [0.1, 0.15) is 23.4 Å². The average molecular weight is 518 g/mol. The van der Waals surface area contributed by atoms with Crippen molar-refractivity contribution in [1.82, 2.24) is 10.2 Å². The maximum Gasteiger partial charge on any atom is 0.261 e. The van der Waals surface area contributed by atoms with Crippen molar-refractivity contribution in [3.05, 3.63) is 90.0 Å². The standard InChI is InChI=1S/C25H25F2N3O5S/c1-17(25(32)28-2)30(15-18-3-5-19(26)6-4-18)24(31)16-35-22-11-13-23(14-12-22)36(33,34)29-21-9-7-20(27)8-10-21/h3-14,17,29H,15-16H2,1-2H3,(H,28,32)/t17-/m1/s1. The summed E-state index contributed by atoms with van der Waals surface area (Å²) in [6.45, 7) is 1.21. The van der Waals surface area contributed by atoms with Crippen LogP contribution in [0.25, 0.3) is 0 Å². The van der Waals surface area contributed by atoms with E-state index in [4.69, 9.17) is 4.74 Å². The van der Waals surface area contributed by atoms with Gasteiger partial charge in [0.25, 0.3) is 15.9 Å². The van der Waals surface area contributed by atoms with Crippen LogP contribution in [0.2, 0.25) is 0 Å². The van der Waals surface area contributed by atoms with Crippen LogP contribution in [0.1, 0.15) is 12.5 Å². The maximum absolute atomic E-state index is 13.2. The SMILES string of the molecule is CNC(=O)[C@@H](C)N(Cc1ccc(F)cc1)C(=O)COc1ccc(S(=O)(=O)Nc2ccc(F)cc2)cc1. The molecule has 0 unspecified atom stereocenters. The number of carbonyl (C=O) groups is 2. The Kier molecular flexibility index (Phi) is 8.59. The molecule has 8 nitrogen and oxygen atoms in total. The predicted molar refractivity (Wildman–Crippen MR) is 130 cm³/mol. The lowest BCUT2D eigenvalue weighted by atomic mass is 10.1. The predicted octanol–water partition coefficient (Wildman–Crippen LogP) is 3.31. The van der Waals surface area contributed by atoms with Gasteiger partial charge in [-0.3, -0.25) is 14.3 Å². The average Bonchev–Trinajstić information content (AvgIpc) is 2.87. The first kappa shape index (κ1) is 26.6. The van der Waals surface area contributed by atoms with E-state index in [1.165, 1.54) is 72.6 Å². The van der Waals surface area contributed by atoms with Crippen LogP contribution >= 0.6 is 0 Å². The van der Waals surface area contributed by atoms with E-state index in [1.807, 2.05) is 0 Å². The molecule has 3 aromatic carbocycles. The van der Waals surface area contributed by atoms with Gasteiger partial charge in [-0.2, -0.15) is 0 Å². The maximum atomic E-state index is 13.2. The molecule has 1 atom stereocenters. The fourth-order valence-electron chi connectivity index (χ4n) is 3.25. The Balaban J connectivity index is 1.67. The van der Waals surface area contributed by atoms with E-state index in [2.05, 4.69) is 10.0 Å². The van der Waals surface area contributed by atoms with Gasteiger partial charge in [0.2, 0.25) is 5.91 Å². The molecular formula is C25H25F2N3O5S. The number of amides is 2. The molecule has 3 rings (SSSR count). The topological polar surface area (TPSA) is 105 Å². The third kappa shape index (κ3) is 7.01. The fraction of sp³-hybridized carbons (Fsp3) is 0.200. The molecule has 0 spiro atoms. The lowest BCUT2D eigenvalue weighted by Gasteiger charge is -2.28. The van der Waals surface area contributed by atoms with E-state index >= 15 is 0 Å². The van der Waals surface area contributed by atoms with Crippen LogP contribution in [-0.4, -0.2) is 44.8 Å². The normalized spacial score (nSPS) is 11.9. The van der Waals surface area contributed by atoms with Crippen molar-refractivity contribution in [1.29, 1.82) is 0 Å². The van der Waals surface area contributed by atoms with Crippen molar-refractivity contribution in [3.8, 4) is 5.75 Å². The molecule has 36 heavy (non-hydrogen) atoms. The molecule has 0 saturated heterocycles. The Bertz CT molecular complexity index is 1300. The molecule has 3 aromatic rings. The molecule has 190 valence electrons. The number of sulfonamides is 1. The zero-order valence-corrected chi connectivity index (χ0v) is 20.4. The summed E-state index contributed by atoms with van der Waals surface area (Å²) >= 11 is 0. The highest BCUT2D eigenvalue weighted by atomic mass is 32.2. The number of nitrogens with zero attached hydrogens (tertiary/aromatic N) is 1. The number of hydrogen-bond acceptors (Lipinski definition) is 5. The van der Waals surface area contributed by atoms with Gasteiger partial charge < -0.3 is 15.0 Å². The van der Waals surface area contributed by atoms with Crippen LogP contribution in [0.5, 0.6) is 5.75 Å². The number of nitrogens with one attached hydrogen (secondary N) is 2. The van der Waals surface area contributed by atoms with Gasteiger partial charge in [0.05, 0.1) is 4.90 Å². The second-order valence-corrected chi connectivity index (χ2v) is 9.49. The summed E-state index contributed by atoms with van der Waals surface area (Å²) in [6.07, 6.45) is 0. The quantitative estimate of drug-likeness (QED) is 0.430. The van der Waals surface area contributed by atoms with Crippen molar-refractivity contribution in [2.45, 2.75) is 24.4 Å². The van der Waals surface area contributed by atoms with E-state index in [0.29, 0.717) is 5.56 Å². The number of likely N-dealkylation sites (N-methyl/N-ethyl adjacent to an activating group) is 1. The van der Waals surface area contributed by atoms with Crippen LogP contribution in [0, 0.1) is 11.6 Å². The van der Waals surface area contributed by atoms with Crippen molar-refractivity contribution in [2.24, 2.45) is 0 Å². The minimum atomic E-state index is -3.92. The summed E-state index contributed by atoms with van der Waals surface area (Å²) in [5.74, 6) is -1.55. The molecule has 0 aliphatic rings. The minimum Gasteiger partial charge on any atom is -0.484 e. The number of halogens is 2. The van der Waals surface area contributed by atoms with Crippen LogP contribution in [-0.2, 0) is 26.2 Å². The Labute approximate surface area is 207 Å². The Morgan fingerprint density at radius 2 is 1.47 bits per heavy atom. The second-order valence-electron chi connectivity index (χ2n) is 7.81. The molecule has 0 heterocycles. The first-order valence-electron chi connectivity index (χ1n) is 10.9. The van der Waals surface area contributed by atoms with Crippen molar-refractivity contribution in [3.63, 3.8) is 0 Å². The van der Waals surface area contributed by atoms with Crippen LogP contribution < -0.4 is 14.8 Å². The number of hydrogen-bond donors (Lipinski definition) is 2. The summed E-state index contributed by atoms with van der Waals surface area (Å²) in [7, 11) is -2.47. The van der Waals surface area contributed by atoms with Gasteiger partial charge >= 0.3 is 0 Å². The lowest BCUT2D eigenvalue weighted by Crippen LogP contribution is -2.48. The van der Waals surface area contributed by atoms with Crippen molar-refractivity contribution < 1.29 is 31.5 Å². The largest absolute Gasteiger partial charge is 0.484 e. The second kappa shape index (κ2) is 11.6. The highest BCUT2D eigenvalue weighted by molar-refractivity contribution is 7.92. The number of ether oxygens (including phenoxy) is 1. The monoisotopic (exact) mass is 517 g/mol. The molecule has 0 aliphatic carbocycles. The summed E-state index contributed by atoms with van der Waals surface area (Å²) in [5, 5.41) is 2.49. The fourth-order valence-corrected chi connectivity index (χ4v) is 4.31. The van der Waals surface area contributed by atoms with Crippen LogP contribution in [0.15, 0.2) is 77.7 Å². The molecule has 2 N–H and O–H groups in total. The van der Waals surface area contributed by atoms with E-state index in [0.717, 1.165) is 12.1 Å². The summed E-state index contributed by atoms with van der Waals surface area (Å²) in [5.41, 5.74) is 0.831. The number of rotatable bonds is 10. The molecule has 0 bridgehead atoms. The number of anilines is 1. The minimum absolute atomic E-state index is 0.0586. The molecule has 0 fully saturated rings. The highest BCUT2D eigenvalue weighted by Gasteiger charge is 2.26. The first-order chi connectivity index (χ1) is 17.1. The van der Waals surface area contributed by atoms with Gasteiger partial charge in [-0.05, 0) is 73.2 Å². The summed E-state index contributed by atoms with van der Waals surface area (Å²) < 4.78 is 59.2. The summed E-state index contributed by atoms with van der Waals surface area (Å²) in [4.78, 5) is 26.3. The van der Waals surface area contributed by atoms with Gasteiger partial charge in [-0.25, -0.2) is 17.2 Å². The third-order valence-corrected chi connectivity index (χ3v) is 6.67. The smallest absolute Gasteiger partial charge is 0.261 e. The van der Waals surface area contributed by atoms with Crippen molar-refractivity contribution >= 4 is 27.5 Å². The highest BCUT2D eigenvalue weighted by Crippen LogP contribution is 2.20. The third-order valence-electron chi connectivity index (χ3n) is 5.27. The number of carbonyl (C=O) groups excluding carboxylic acids is 2. The van der Waals surface area contributed by atoms with E-state index in [9.17, 15) is 26.8 Å². The first-order valence-corrected chi connectivity index (χ1v) is 12.3. The van der Waals surface area contributed by atoms with Crippen molar-refractivity contribution in [2.75, 3.05) is 18.4 Å². The van der Waals surface area contributed by atoms with E-state index in [1.54, 1.807) is 6.92 Å². The Morgan fingerprint density at radius 1 is 0.917 bits per heavy atom. The van der Waals surface area contributed by atoms with Gasteiger partial charge in [-0.15, -0.1) is 0 Å². The summed E-state index contributed by atoms with van der Waals surface area (Å²) in [6, 6.07) is 15.0. The number of benzene rings is 3. The van der Waals surface area contributed by atoms with Crippen LogP contribution in [0.4, 0.5) is 14.5 Å². The lowest BCUT2D eigenvalue weighted by molar-refractivity contribution is -0.142. The molecule has 0 aliphatic heterocycles. The molecule has 11 heteroatoms. The molecular weight excluding hydrogens is 492 g/mol. The molecule has 0 radical (unpaired) electrons. The van der Waals surface area contributed by atoms with E-state index in [-0.39, 0.29) is 28.8 Å². The van der Waals surface area contributed by atoms with Gasteiger partial charge in [0.15, 0.2) is 6.61 Å². The van der Waals surface area contributed by atoms with Gasteiger partial charge in [-0.1, -0.05) is 12.1 Å². The van der Waals surface area contributed by atoms with Crippen LogP contribution in [0.3, 0.4) is 0 Å². The Hall–Kier alpha value is -3.99. The Morgan fingerprint density at radius 3 is 2.03 bits per heavy atom. The zero-order chi connectivity index (χ0) is 26.3. The zero-order valence-electron chi connectivity index (χ0n) is 19.6. The molecule has 2 amide bonds. The molecule has 0 saturated carbocycles. The van der Waals surface area contributed by atoms with Gasteiger partial charge in [0, 0.05) is 19.3 Å².